The van der Waals surface area contributed by atoms with Crippen LogP contribution in [0.25, 0.3) is 0 Å². The molecular formula is C15H24N2O2. The predicted octanol–water partition coefficient (Wildman–Crippen LogP) is 2.36. The first-order valence-corrected chi connectivity index (χ1v) is 7.16. The molecule has 0 aliphatic carbocycles. The number of carbonyl (C=O) groups excluding carboxylic acids is 1. The van der Waals surface area contributed by atoms with Crippen LogP contribution in [0.2, 0.25) is 0 Å². The van der Waals surface area contributed by atoms with Gasteiger partial charge in [0.25, 0.3) is 5.91 Å². The van der Waals surface area contributed by atoms with E-state index in [1.165, 1.54) is 0 Å². The normalized spacial score (nSPS) is 19.7. The summed E-state index contributed by atoms with van der Waals surface area (Å²) in [6.45, 7) is 6.46. The van der Waals surface area contributed by atoms with Crippen molar-refractivity contribution < 1.29 is 9.53 Å². The molecule has 106 valence electrons. The van der Waals surface area contributed by atoms with E-state index in [1.54, 1.807) is 0 Å². The average molecular weight is 264 g/mol. The van der Waals surface area contributed by atoms with Crippen molar-refractivity contribution in [1.82, 2.24) is 9.47 Å². The molecule has 1 unspecified atom stereocenters. The van der Waals surface area contributed by atoms with Crippen molar-refractivity contribution in [1.29, 1.82) is 0 Å². The van der Waals surface area contributed by atoms with Gasteiger partial charge < -0.3 is 14.2 Å². The Labute approximate surface area is 115 Å². The zero-order valence-corrected chi connectivity index (χ0v) is 12.2. The van der Waals surface area contributed by atoms with Gasteiger partial charge in [0.05, 0.1) is 11.7 Å². The highest BCUT2D eigenvalue weighted by Crippen LogP contribution is 2.18. The van der Waals surface area contributed by atoms with Gasteiger partial charge >= 0.3 is 0 Å². The second-order valence-corrected chi connectivity index (χ2v) is 5.31. The van der Waals surface area contributed by atoms with E-state index >= 15 is 0 Å². The summed E-state index contributed by atoms with van der Waals surface area (Å²) in [6.07, 6.45) is 5.28. The van der Waals surface area contributed by atoms with Gasteiger partial charge in [0.2, 0.25) is 0 Å². The predicted molar refractivity (Wildman–Crippen MR) is 75.3 cm³/mol. The lowest BCUT2D eigenvalue weighted by Gasteiger charge is -2.32. The molecule has 0 saturated carbocycles. The van der Waals surface area contributed by atoms with Crippen LogP contribution in [0.15, 0.2) is 12.3 Å². The lowest BCUT2D eigenvalue weighted by atomic mass is 10.1. The summed E-state index contributed by atoms with van der Waals surface area (Å²) < 4.78 is 7.77. The number of nitrogens with zero attached hydrogens (tertiary/aromatic N) is 2. The van der Waals surface area contributed by atoms with Crippen LogP contribution in [0, 0.1) is 6.92 Å². The first kappa shape index (κ1) is 14.1. The number of hydrogen-bond donors (Lipinski definition) is 0. The van der Waals surface area contributed by atoms with Crippen molar-refractivity contribution in [2.45, 2.75) is 39.2 Å². The van der Waals surface area contributed by atoms with Crippen molar-refractivity contribution in [3.63, 3.8) is 0 Å². The summed E-state index contributed by atoms with van der Waals surface area (Å²) in [4.78, 5) is 14.4. The number of amides is 1. The number of carbonyl (C=O) groups is 1. The van der Waals surface area contributed by atoms with E-state index < -0.39 is 0 Å². The maximum atomic E-state index is 12.5. The fourth-order valence-electron chi connectivity index (χ4n) is 2.55. The lowest BCUT2D eigenvalue weighted by molar-refractivity contribution is 0.00208. The molecule has 0 radical (unpaired) electrons. The van der Waals surface area contributed by atoms with E-state index in [0.29, 0.717) is 0 Å². The minimum Gasteiger partial charge on any atom is -0.376 e. The van der Waals surface area contributed by atoms with E-state index in [1.807, 2.05) is 35.7 Å². The number of piperidine rings is 1. The number of ether oxygens (including phenoxy) is 1. The lowest BCUT2D eigenvalue weighted by Crippen LogP contribution is -2.43. The van der Waals surface area contributed by atoms with Gasteiger partial charge in [-0.1, -0.05) is 6.92 Å². The maximum absolute atomic E-state index is 12.5. The minimum absolute atomic E-state index is 0.142. The smallest absolute Gasteiger partial charge is 0.255 e. The molecule has 2 rings (SSSR count). The number of aryl methyl sites for hydroxylation is 1. The van der Waals surface area contributed by atoms with E-state index in [-0.39, 0.29) is 12.0 Å². The standard InChI is InChI=1S/C15H24N2O2/c1-4-10-19-13-6-5-8-17(11-13)15(18)14-7-9-16(3)12(14)2/h7,9,13H,4-6,8,10-11H2,1-3H3. The Bertz CT molecular complexity index is 439. The third-order valence-electron chi connectivity index (χ3n) is 3.84. The number of hydrogen-bond acceptors (Lipinski definition) is 2. The van der Waals surface area contributed by atoms with Crippen LogP contribution in [0.1, 0.15) is 42.2 Å². The molecule has 2 heterocycles. The van der Waals surface area contributed by atoms with Crippen LogP contribution in [-0.4, -0.2) is 41.2 Å². The van der Waals surface area contributed by atoms with E-state index in [2.05, 4.69) is 6.92 Å². The molecule has 19 heavy (non-hydrogen) atoms. The van der Waals surface area contributed by atoms with Crippen LogP contribution < -0.4 is 0 Å². The fraction of sp³-hybridized carbons (Fsp3) is 0.667. The van der Waals surface area contributed by atoms with Crippen molar-refractivity contribution in [2.75, 3.05) is 19.7 Å². The number of aromatic nitrogens is 1. The Morgan fingerprint density at radius 2 is 2.32 bits per heavy atom. The van der Waals surface area contributed by atoms with Gasteiger partial charge in [0, 0.05) is 38.6 Å². The van der Waals surface area contributed by atoms with Gasteiger partial charge in [-0.2, -0.15) is 0 Å². The van der Waals surface area contributed by atoms with Gasteiger partial charge in [-0.15, -0.1) is 0 Å². The van der Waals surface area contributed by atoms with Gasteiger partial charge in [-0.25, -0.2) is 0 Å². The summed E-state index contributed by atoms with van der Waals surface area (Å²) in [5, 5.41) is 0. The molecule has 1 saturated heterocycles. The first-order valence-electron chi connectivity index (χ1n) is 7.16. The molecule has 1 aromatic rings. The quantitative estimate of drug-likeness (QED) is 0.836. The summed E-state index contributed by atoms with van der Waals surface area (Å²) in [5.41, 5.74) is 1.85. The summed E-state index contributed by atoms with van der Waals surface area (Å²) in [5.74, 6) is 0.142. The molecule has 1 fully saturated rings. The summed E-state index contributed by atoms with van der Waals surface area (Å²) in [6, 6.07) is 1.91. The first-order chi connectivity index (χ1) is 9.13. The molecule has 4 heteroatoms. The largest absolute Gasteiger partial charge is 0.376 e. The van der Waals surface area contributed by atoms with E-state index in [4.69, 9.17) is 4.74 Å². The van der Waals surface area contributed by atoms with Crippen molar-refractivity contribution in [3.05, 3.63) is 23.5 Å². The third kappa shape index (κ3) is 3.18. The monoisotopic (exact) mass is 264 g/mol. The van der Waals surface area contributed by atoms with Gasteiger partial charge in [0.15, 0.2) is 0 Å². The van der Waals surface area contributed by atoms with Crippen LogP contribution in [-0.2, 0) is 11.8 Å². The zero-order valence-electron chi connectivity index (χ0n) is 12.2. The topological polar surface area (TPSA) is 34.5 Å². The van der Waals surface area contributed by atoms with Crippen LogP contribution in [0.4, 0.5) is 0 Å². The molecule has 0 spiro atoms. The van der Waals surface area contributed by atoms with Crippen molar-refractivity contribution in [2.24, 2.45) is 7.05 Å². The molecule has 1 amide bonds. The van der Waals surface area contributed by atoms with Crippen LogP contribution >= 0.6 is 0 Å². The average Bonchev–Trinajstić information content (AvgIpc) is 2.76. The molecule has 0 N–H and O–H groups in total. The van der Waals surface area contributed by atoms with Gasteiger partial charge in [-0.3, -0.25) is 4.79 Å². The van der Waals surface area contributed by atoms with E-state index in [9.17, 15) is 4.79 Å². The van der Waals surface area contributed by atoms with Gasteiger partial charge in [-0.05, 0) is 32.3 Å². The van der Waals surface area contributed by atoms with Crippen molar-refractivity contribution >= 4 is 5.91 Å². The zero-order chi connectivity index (χ0) is 13.8. The summed E-state index contributed by atoms with van der Waals surface area (Å²) >= 11 is 0. The minimum atomic E-state index is 0.142. The molecular weight excluding hydrogens is 240 g/mol. The Morgan fingerprint density at radius 3 is 2.95 bits per heavy atom. The Balaban J connectivity index is 2.01. The Hall–Kier alpha value is -1.29. The third-order valence-corrected chi connectivity index (χ3v) is 3.84. The van der Waals surface area contributed by atoms with E-state index in [0.717, 1.165) is 50.2 Å². The molecule has 1 aliphatic heterocycles. The molecule has 1 atom stereocenters. The van der Waals surface area contributed by atoms with Crippen LogP contribution in [0.5, 0.6) is 0 Å². The number of likely N-dealkylation sites (tertiary alicyclic amines) is 1. The second-order valence-electron chi connectivity index (χ2n) is 5.31. The Kier molecular flexibility index (Phi) is 4.64. The van der Waals surface area contributed by atoms with Crippen molar-refractivity contribution in [3.8, 4) is 0 Å². The molecule has 1 aromatic heterocycles. The fourth-order valence-corrected chi connectivity index (χ4v) is 2.55. The SMILES string of the molecule is CCCOC1CCCN(C(=O)c2ccn(C)c2C)C1. The highest BCUT2D eigenvalue weighted by Gasteiger charge is 2.26. The molecule has 0 aromatic carbocycles. The maximum Gasteiger partial charge on any atom is 0.255 e. The van der Waals surface area contributed by atoms with Gasteiger partial charge in [0.1, 0.15) is 0 Å². The molecule has 0 bridgehead atoms. The summed E-state index contributed by atoms with van der Waals surface area (Å²) in [7, 11) is 1.97. The highest BCUT2D eigenvalue weighted by atomic mass is 16.5. The van der Waals surface area contributed by atoms with Crippen LogP contribution in [0.3, 0.4) is 0 Å². The highest BCUT2D eigenvalue weighted by molar-refractivity contribution is 5.95. The molecule has 1 aliphatic rings. The molecule has 4 nitrogen and oxygen atoms in total. The second kappa shape index (κ2) is 6.24. The number of rotatable bonds is 4. The Morgan fingerprint density at radius 1 is 1.53 bits per heavy atom.